The fraction of sp³-hybridized carbons (Fsp3) is 0.167. The van der Waals surface area contributed by atoms with E-state index in [0.717, 1.165) is 5.75 Å². The molecule has 0 aliphatic carbocycles. The summed E-state index contributed by atoms with van der Waals surface area (Å²) < 4.78 is 11.0. The summed E-state index contributed by atoms with van der Waals surface area (Å²) in [5.74, 6) is 1.45. The Kier molecular flexibility index (Phi) is 4.56. The van der Waals surface area contributed by atoms with E-state index in [2.05, 4.69) is 15.5 Å². The summed E-state index contributed by atoms with van der Waals surface area (Å²) in [6.07, 6.45) is 0. The lowest BCUT2D eigenvalue weighted by molar-refractivity contribution is 0.0988. The number of nitrogens with one attached hydrogen (secondary N) is 1. The van der Waals surface area contributed by atoms with Crippen molar-refractivity contribution in [3.63, 3.8) is 0 Å². The van der Waals surface area contributed by atoms with Crippen LogP contribution in [0.1, 0.15) is 36.3 Å². The van der Waals surface area contributed by atoms with Crippen LogP contribution in [0, 0.1) is 0 Å². The van der Waals surface area contributed by atoms with Gasteiger partial charge in [-0.05, 0) is 36.4 Å². The van der Waals surface area contributed by atoms with Gasteiger partial charge < -0.3 is 14.5 Å². The maximum atomic E-state index is 12.1. The lowest BCUT2D eigenvalue weighted by atomic mass is 10.2. The van der Waals surface area contributed by atoms with Gasteiger partial charge in [-0.2, -0.15) is 0 Å². The molecule has 0 unspecified atom stereocenters. The van der Waals surface area contributed by atoms with Gasteiger partial charge in [0.1, 0.15) is 11.5 Å². The summed E-state index contributed by atoms with van der Waals surface area (Å²) in [5.41, 5.74) is 0.615. The van der Waals surface area contributed by atoms with E-state index in [0.29, 0.717) is 17.3 Å². The molecule has 6 nitrogen and oxygen atoms in total. The number of amides is 1. The SMILES string of the molecule is CC(C)c1nnc(C(=O)Nc2ccc(Oc3ccccc3)cc2)o1. The van der Waals surface area contributed by atoms with E-state index in [-0.39, 0.29) is 11.8 Å². The van der Waals surface area contributed by atoms with Gasteiger partial charge in [-0.3, -0.25) is 4.79 Å². The summed E-state index contributed by atoms with van der Waals surface area (Å²) in [6, 6.07) is 16.5. The van der Waals surface area contributed by atoms with E-state index in [4.69, 9.17) is 9.15 Å². The smallest absolute Gasteiger partial charge is 0.313 e. The number of ether oxygens (including phenoxy) is 1. The van der Waals surface area contributed by atoms with Gasteiger partial charge in [0.05, 0.1) is 0 Å². The van der Waals surface area contributed by atoms with Crippen molar-refractivity contribution in [1.82, 2.24) is 10.2 Å². The fourth-order valence-corrected chi connectivity index (χ4v) is 1.98. The van der Waals surface area contributed by atoms with Crippen LogP contribution in [0.25, 0.3) is 0 Å². The molecule has 0 spiro atoms. The molecule has 0 saturated heterocycles. The molecule has 3 aromatic rings. The average Bonchev–Trinajstić information content (AvgIpc) is 3.08. The first kappa shape index (κ1) is 15.7. The fourth-order valence-electron chi connectivity index (χ4n) is 1.98. The van der Waals surface area contributed by atoms with Crippen LogP contribution in [-0.2, 0) is 0 Å². The van der Waals surface area contributed by atoms with Gasteiger partial charge >= 0.3 is 11.8 Å². The zero-order valence-electron chi connectivity index (χ0n) is 13.4. The van der Waals surface area contributed by atoms with Crippen molar-refractivity contribution in [1.29, 1.82) is 0 Å². The first-order chi connectivity index (χ1) is 11.6. The van der Waals surface area contributed by atoms with Crippen molar-refractivity contribution in [2.24, 2.45) is 0 Å². The molecule has 0 fully saturated rings. The third kappa shape index (κ3) is 3.78. The highest BCUT2D eigenvalue weighted by atomic mass is 16.5. The number of para-hydroxylation sites is 1. The summed E-state index contributed by atoms with van der Waals surface area (Å²) >= 11 is 0. The van der Waals surface area contributed by atoms with Gasteiger partial charge in [-0.1, -0.05) is 32.0 Å². The van der Waals surface area contributed by atoms with Gasteiger partial charge in [-0.25, -0.2) is 0 Å². The molecule has 1 aromatic heterocycles. The highest BCUT2D eigenvalue weighted by Gasteiger charge is 2.16. The minimum absolute atomic E-state index is 0.0525. The Morgan fingerprint density at radius 1 is 1.00 bits per heavy atom. The molecule has 0 aliphatic rings. The van der Waals surface area contributed by atoms with E-state index in [1.165, 1.54) is 0 Å². The van der Waals surface area contributed by atoms with Crippen LogP contribution in [0.3, 0.4) is 0 Å². The van der Waals surface area contributed by atoms with Crippen LogP contribution in [-0.4, -0.2) is 16.1 Å². The van der Waals surface area contributed by atoms with E-state index >= 15 is 0 Å². The minimum Gasteiger partial charge on any atom is -0.457 e. The topological polar surface area (TPSA) is 77.2 Å². The van der Waals surface area contributed by atoms with E-state index < -0.39 is 5.91 Å². The maximum Gasteiger partial charge on any atom is 0.313 e. The number of rotatable bonds is 5. The third-order valence-electron chi connectivity index (χ3n) is 3.22. The van der Waals surface area contributed by atoms with Crippen LogP contribution >= 0.6 is 0 Å². The molecular formula is C18H17N3O3. The lowest BCUT2D eigenvalue weighted by Gasteiger charge is -2.07. The molecule has 0 aliphatic heterocycles. The minimum atomic E-state index is -0.439. The number of hydrogen-bond acceptors (Lipinski definition) is 5. The molecule has 1 N–H and O–H groups in total. The van der Waals surface area contributed by atoms with Crippen molar-refractivity contribution in [3.05, 3.63) is 66.4 Å². The standard InChI is InChI=1S/C18H17N3O3/c1-12(2)17-20-21-18(24-17)16(22)19-13-8-10-15(11-9-13)23-14-6-4-3-5-7-14/h3-12H,1-2H3,(H,19,22). The summed E-state index contributed by atoms with van der Waals surface area (Å²) in [4.78, 5) is 12.1. The van der Waals surface area contributed by atoms with Crippen molar-refractivity contribution >= 4 is 11.6 Å². The highest BCUT2D eigenvalue weighted by Crippen LogP contribution is 2.23. The Hall–Kier alpha value is -3.15. The first-order valence-corrected chi connectivity index (χ1v) is 7.59. The van der Waals surface area contributed by atoms with Crippen molar-refractivity contribution < 1.29 is 13.9 Å². The predicted molar refractivity (Wildman–Crippen MR) is 89.3 cm³/mol. The summed E-state index contributed by atoms with van der Waals surface area (Å²) in [7, 11) is 0. The van der Waals surface area contributed by atoms with Crippen LogP contribution in [0.4, 0.5) is 5.69 Å². The van der Waals surface area contributed by atoms with Gasteiger partial charge in [0.25, 0.3) is 0 Å². The lowest BCUT2D eigenvalue weighted by Crippen LogP contribution is -2.12. The van der Waals surface area contributed by atoms with E-state index in [9.17, 15) is 4.79 Å². The summed E-state index contributed by atoms with van der Waals surface area (Å²) in [6.45, 7) is 3.83. The Morgan fingerprint density at radius 3 is 2.29 bits per heavy atom. The molecule has 0 saturated carbocycles. The maximum absolute atomic E-state index is 12.1. The second-order valence-corrected chi connectivity index (χ2v) is 5.49. The molecule has 24 heavy (non-hydrogen) atoms. The average molecular weight is 323 g/mol. The molecule has 2 aromatic carbocycles. The quantitative estimate of drug-likeness (QED) is 0.760. The van der Waals surface area contributed by atoms with Crippen LogP contribution in [0.5, 0.6) is 11.5 Å². The zero-order chi connectivity index (χ0) is 16.9. The van der Waals surface area contributed by atoms with Crippen molar-refractivity contribution in [2.45, 2.75) is 19.8 Å². The van der Waals surface area contributed by atoms with Gasteiger partial charge in [-0.15, -0.1) is 10.2 Å². The normalized spacial score (nSPS) is 10.6. The molecule has 0 radical (unpaired) electrons. The second kappa shape index (κ2) is 6.95. The van der Waals surface area contributed by atoms with Gasteiger partial charge in [0.2, 0.25) is 5.89 Å². The summed E-state index contributed by atoms with van der Waals surface area (Å²) in [5, 5.41) is 10.3. The molecular weight excluding hydrogens is 306 g/mol. The molecule has 6 heteroatoms. The second-order valence-electron chi connectivity index (χ2n) is 5.49. The monoisotopic (exact) mass is 323 g/mol. The molecule has 3 rings (SSSR count). The van der Waals surface area contributed by atoms with Gasteiger partial charge in [0.15, 0.2) is 0 Å². The zero-order valence-corrected chi connectivity index (χ0v) is 13.4. The highest BCUT2D eigenvalue weighted by molar-refractivity contribution is 6.00. The van der Waals surface area contributed by atoms with Crippen molar-refractivity contribution in [3.8, 4) is 11.5 Å². The number of carbonyl (C=O) groups excluding carboxylic acids is 1. The number of benzene rings is 2. The molecule has 0 atom stereocenters. The number of hydrogen-bond donors (Lipinski definition) is 1. The Morgan fingerprint density at radius 2 is 1.67 bits per heavy atom. The Labute approximate surface area is 139 Å². The molecule has 1 heterocycles. The van der Waals surface area contributed by atoms with E-state index in [1.54, 1.807) is 24.3 Å². The molecule has 122 valence electrons. The van der Waals surface area contributed by atoms with Crippen LogP contribution in [0.2, 0.25) is 0 Å². The van der Waals surface area contributed by atoms with Crippen LogP contribution < -0.4 is 10.1 Å². The largest absolute Gasteiger partial charge is 0.457 e. The van der Waals surface area contributed by atoms with E-state index in [1.807, 2.05) is 44.2 Å². The van der Waals surface area contributed by atoms with Gasteiger partial charge in [0, 0.05) is 11.6 Å². The number of anilines is 1. The van der Waals surface area contributed by atoms with Crippen molar-refractivity contribution in [2.75, 3.05) is 5.32 Å². The Balaban J connectivity index is 1.64. The Bertz CT molecular complexity index is 811. The molecule has 1 amide bonds. The van der Waals surface area contributed by atoms with Crippen LogP contribution in [0.15, 0.2) is 59.0 Å². The number of aromatic nitrogens is 2. The molecule has 0 bridgehead atoms. The number of carbonyl (C=O) groups is 1. The number of nitrogens with zero attached hydrogens (tertiary/aromatic N) is 2. The third-order valence-corrected chi connectivity index (χ3v) is 3.22. The predicted octanol–water partition coefficient (Wildman–Crippen LogP) is 4.24. The first-order valence-electron chi connectivity index (χ1n) is 7.59.